The second-order valence-electron chi connectivity index (χ2n) is 12.1. The van der Waals surface area contributed by atoms with Crippen LogP contribution in [0.4, 0.5) is 0 Å². The van der Waals surface area contributed by atoms with Crippen LogP contribution in [0.5, 0.6) is 0 Å². The molecule has 234 valence electrons. The maximum absolute atomic E-state index is 12.3. The number of carbonyl (C=O) groups excluding carboxylic acids is 1. The number of rotatable bonds is 31. The highest BCUT2D eigenvalue weighted by molar-refractivity contribution is 5.76. The SMILES string of the molecule is CCCCCCCCCCCCCCCCC(O)[C@@H](O)[C@@H](CO)NC(=O)CCCCCCCCCCCCC. The van der Waals surface area contributed by atoms with E-state index in [4.69, 9.17) is 0 Å². The molecule has 0 aliphatic carbocycles. The van der Waals surface area contributed by atoms with Crippen LogP contribution < -0.4 is 5.32 Å². The average Bonchev–Trinajstić information content (AvgIpc) is 2.94. The molecule has 0 aromatic rings. The number of hydrogen-bond acceptors (Lipinski definition) is 4. The second kappa shape index (κ2) is 30.3. The highest BCUT2D eigenvalue weighted by atomic mass is 16.3. The molecule has 0 spiro atoms. The van der Waals surface area contributed by atoms with E-state index >= 15 is 0 Å². The van der Waals surface area contributed by atoms with Crippen LogP contribution in [-0.4, -0.2) is 46.1 Å². The monoisotopic (exact) mass is 556 g/mol. The Labute approximate surface area is 243 Å². The molecule has 4 N–H and O–H groups in total. The minimum absolute atomic E-state index is 0.146. The Morgan fingerprint density at radius 2 is 0.872 bits per heavy atom. The van der Waals surface area contributed by atoms with E-state index in [0.717, 1.165) is 32.1 Å². The van der Waals surface area contributed by atoms with Gasteiger partial charge in [0.05, 0.1) is 18.8 Å². The number of nitrogens with one attached hydrogen (secondary N) is 1. The van der Waals surface area contributed by atoms with E-state index in [2.05, 4.69) is 19.2 Å². The topological polar surface area (TPSA) is 89.8 Å². The molecule has 1 unspecified atom stereocenters. The minimum Gasteiger partial charge on any atom is -0.394 e. The van der Waals surface area contributed by atoms with Crippen LogP contribution in [0.25, 0.3) is 0 Å². The summed E-state index contributed by atoms with van der Waals surface area (Å²) in [6, 6.07) is -0.799. The fourth-order valence-corrected chi connectivity index (χ4v) is 5.45. The number of aliphatic hydroxyl groups excluding tert-OH is 3. The Bertz CT molecular complexity index is 502. The van der Waals surface area contributed by atoms with Crippen molar-refractivity contribution >= 4 is 5.91 Å². The summed E-state index contributed by atoms with van der Waals surface area (Å²) in [6.45, 7) is 4.15. The lowest BCUT2D eigenvalue weighted by molar-refractivity contribution is -0.124. The lowest BCUT2D eigenvalue weighted by atomic mass is 9.99. The molecule has 3 atom stereocenters. The van der Waals surface area contributed by atoms with Gasteiger partial charge in [-0.05, 0) is 12.8 Å². The van der Waals surface area contributed by atoms with E-state index in [9.17, 15) is 20.1 Å². The molecular weight excluding hydrogens is 486 g/mol. The zero-order valence-corrected chi connectivity index (χ0v) is 26.3. The van der Waals surface area contributed by atoms with Crippen molar-refractivity contribution < 1.29 is 20.1 Å². The Balaban J connectivity index is 3.69. The number of aliphatic hydroxyl groups is 3. The van der Waals surface area contributed by atoms with Crippen molar-refractivity contribution in [3.63, 3.8) is 0 Å². The van der Waals surface area contributed by atoms with Crippen LogP contribution in [0.15, 0.2) is 0 Å². The molecule has 0 rings (SSSR count). The summed E-state index contributed by atoms with van der Waals surface area (Å²) in [5.74, 6) is -0.146. The lowest BCUT2D eigenvalue weighted by Gasteiger charge is -2.26. The number of unbranched alkanes of at least 4 members (excludes halogenated alkanes) is 23. The Hall–Kier alpha value is -0.650. The summed E-state index contributed by atoms with van der Waals surface area (Å²) in [4.78, 5) is 12.3. The fourth-order valence-electron chi connectivity index (χ4n) is 5.45. The van der Waals surface area contributed by atoms with Gasteiger partial charge >= 0.3 is 0 Å². The van der Waals surface area contributed by atoms with Crippen LogP contribution in [0.3, 0.4) is 0 Å². The summed E-state index contributed by atoms with van der Waals surface area (Å²) in [5, 5.41) is 33.3. The first-order valence-electron chi connectivity index (χ1n) is 17.3. The maximum atomic E-state index is 12.3. The third-order valence-electron chi connectivity index (χ3n) is 8.21. The Kier molecular flexibility index (Phi) is 29.8. The van der Waals surface area contributed by atoms with E-state index in [1.807, 2.05) is 0 Å². The first kappa shape index (κ1) is 38.4. The zero-order chi connectivity index (χ0) is 28.8. The number of hydrogen-bond donors (Lipinski definition) is 4. The third-order valence-corrected chi connectivity index (χ3v) is 8.21. The maximum Gasteiger partial charge on any atom is 0.220 e. The van der Waals surface area contributed by atoms with Gasteiger partial charge in [0.15, 0.2) is 0 Å². The van der Waals surface area contributed by atoms with Crippen molar-refractivity contribution in [3.05, 3.63) is 0 Å². The molecule has 0 bridgehead atoms. The highest BCUT2D eigenvalue weighted by Gasteiger charge is 2.26. The number of amides is 1. The lowest BCUT2D eigenvalue weighted by Crippen LogP contribution is -2.50. The van der Waals surface area contributed by atoms with Crippen LogP contribution in [0.1, 0.15) is 187 Å². The summed E-state index contributed by atoms with van der Waals surface area (Å²) in [7, 11) is 0. The van der Waals surface area contributed by atoms with Crippen LogP contribution in [-0.2, 0) is 4.79 Å². The van der Waals surface area contributed by atoms with Crippen molar-refractivity contribution in [3.8, 4) is 0 Å². The summed E-state index contributed by atoms with van der Waals surface area (Å²) < 4.78 is 0. The largest absolute Gasteiger partial charge is 0.394 e. The van der Waals surface area contributed by atoms with Crippen LogP contribution in [0, 0.1) is 0 Å². The molecule has 0 fully saturated rings. The summed E-state index contributed by atoms with van der Waals surface area (Å²) in [5.41, 5.74) is 0. The molecule has 0 aromatic carbocycles. The Morgan fingerprint density at radius 3 is 1.23 bits per heavy atom. The van der Waals surface area contributed by atoms with Crippen molar-refractivity contribution in [2.24, 2.45) is 0 Å². The first-order chi connectivity index (χ1) is 19.1. The summed E-state index contributed by atoms with van der Waals surface area (Å²) >= 11 is 0. The van der Waals surface area contributed by atoms with Crippen molar-refractivity contribution in [2.45, 2.75) is 205 Å². The zero-order valence-electron chi connectivity index (χ0n) is 26.3. The molecular formula is C34H69NO4. The molecule has 39 heavy (non-hydrogen) atoms. The van der Waals surface area contributed by atoms with E-state index in [1.165, 1.54) is 128 Å². The highest BCUT2D eigenvalue weighted by Crippen LogP contribution is 2.16. The average molecular weight is 556 g/mol. The molecule has 0 aliphatic heterocycles. The van der Waals surface area contributed by atoms with E-state index in [-0.39, 0.29) is 12.5 Å². The fraction of sp³-hybridized carbons (Fsp3) is 0.971. The number of carbonyl (C=O) groups is 1. The van der Waals surface area contributed by atoms with Crippen molar-refractivity contribution in [1.29, 1.82) is 0 Å². The molecule has 0 aromatic heterocycles. The minimum atomic E-state index is -1.13. The molecule has 5 nitrogen and oxygen atoms in total. The van der Waals surface area contributed by atoms with Gasteiger partial charge in [-0.3, -0.25) is 4.79 Å². The first-order valence-corrected chi connectivity index (χ1v) is 17.3. The molecule has 5 heteroatoms. The van der Waals surface area contributed by atoms with Gasteiger partial charge in [-0.1, -0.05) is 168 Å². The summed E-state index contributed by atoms with van der Waals surface area (Å²) in [6.07, 6.45) is 30.4. The van der Waals surface area contributed by atoms with Gasteiger partial charge < -0.3 is 20.6 Å². The van der Waals surface area contributed by atoms with Crippen molar-refractivity contribution in [1.82, 2.24) is 5.32 Å². The Morgan fingerprint density at radius 1 is 0.538 bits per heavy atom. The van der Waals surface area contributed by atoms with Crippen LogP contribution in [0.2, 0.25) is 0 Å². The van der Waals surface area contributed by atoms with Crippen molar-refractivity contribution in [2.75, 3.05) is 6.61 Å². The standard InChI is InChI=1S/C34H69NO4/c1-3-5-7-9-11-13-15-16-17-19-20-22-24-26-28-32(37)34(39)31(30-36)35-33(38)29-27-25-23-21-18-14-12-10-8-6-4-2/h31-32,34,36-37,39H,3-30H2,1-2H3,(H,35,38)/t31-,32?,34+/m1/s1. The third kappa shape index (κ3) is 26.0. The molecule has 1 amide bonds. The van der Waals surface area contributed by atoms with E-state index < -0.39 is 18.2 Å². The normalized spacial score (nSPS) is 13.9. The van der Waals surface area contributed by atoms with E-state index in [0.29, 0.717) is 12.8 Å². The predicted octanol–water partition coefficient (Wildman–Crippen LogP) is 8.76. The van der Waals surface area contributed by atoms with Crippen LogP contribution >= 0.6 is 0 Å². The van der Waals surface area contributed by atoms with Gasteiger partial charge in [-0.25, -0.2) is 0 Å². The molecule has 0 aliphatic rings. The van der Waals surface area contributed by atoms with Gasteiger partial charge in [0.25, 0.3) is 0 Å². The molecule has 0 heterocycles. The van der Waals surface area contributed by atoms with Gasteiger partial charge in [-0.2, -0.15) is 0 Å². The van der Waals surface area contributed by atoms with Gasteiger partial charge in [-0.15, -0.1) is 0 Å². The quantitative estimate of drug-likeness (QED) is 0.0644. The molecule has 0 saturated carbocycles. The smallest absolute Gasteiger partial charge is 0.220 e. The molecule has 0 radical (unpaired) electrons. The van der Waals surface area contributed by atoms with Gasteiger partial charge in [0, 0.05) is 6.42 Å². The second-order valence-corrected chi connectivity index (χ2v) is 12.1. The molecule has 0 saturated heterocycles. The van der Waals surface area contributed by atoms with Gasteiger partial charge in [0.1, 0.15) is 6.10 Å². The van der Waals surface area contributed by atoms with E-state index in [1.54, 1.807) is 0 Å². The van der Waals surface area contributed by atoms with Gasteiger partial charge in [0.2, 0.25) is 5.91 Å². The predicted molar refractivity (Wildman–Crippen MR) is 167 cm³/mol.